The summed E-state index contributed by atoms with van der Waals surface area (Å²) in [4.78, 5) is 38.2. The van der Waals surface area contributed by atoms with E-state index in [1.807, 2.05) is 35.4 Å². The quantitative estimate of drug-likeness (QED) is 0.742. The number of benzene rings is 1. The standard InChI is InChI=1S/C20H21N5O2/c1-12-15(19(21)27)11-23-20(24-12)17-7-4-8-25(17)18(26)9-13-10-22-16-6-3-2-5-14(13)16/h2-3,5-6,10-11,17,22H,4,7-9H2,1H3,(H2,21,27)/t17-/m0/s1. The number of primary amides is 1. The summed E-state index contributed by atoms with van der Waals surface area (Å²) in [7, 11) is 0. The van der Waals surface area contributed by atoms with Crippen LogP contribution in [0.2, 0.25) is 0 Å². The number of aromatic amines is 1. The van der Waals surface area contributed by atoms with Gasteiger partial charge in [-0.05, 0) is 31.4 Å². The van der Waals surface area contributed by atoms with Gasteiger partial charge in [0.15, 0.2) is 5.82 Å². The lowest BCUT2D eigenvalue weighted by Gasteiger charge is -2.24. The van der Waals surface area contributed by atoms with Gasteiger partial charge in [-0.15, -0.1) is 0 Å². The molecule has 4 rings (SSSR count). The van der Waals surface area contributed by atoms with Crippen LogP contribution >= 0.6 is 0 Å². The van der Waals surface area contributed by atoms with Crippen LogP contribution < -0.4 is 5.73 Å². The molecule has 0 unspecified atom stereocenters. The van der Waals surface area contributed by atoms with E-state index >= 15 is 0 Å². The molecule has 3 N–H and O–H groups in total. The number of rotatable bonds is 4. The van der Waals surface area contributed by atoms with Gasteiger partial charge in [0.25, 0.3) is 5.91 Å². The number of carbonyl (C=O) groups is 2. The highest BCUT2D eigenvalue weighted by Gasteiger charge is 2.32. The second-order valence-corrected chi connectivity index (χ2v) is 6.87. The van der Waals surface area contributed by atoms with Crippen molar-refractivity contribution in [3.8, 4) is 0 Å². The van der Waals surface area contributed by atoms with Crippen molar-refractivity contribution >= 4 is 22.7 Å². The normalized spacial score (nSPS) is 16.8. The number of aromatic nitrogens is 3. The zero-order valence-corrected chi connectivity index (χ0v) is 15.1. The maximum absolute atomic E-state index is 13.0. The predicted octanol–water partition coefficient (Wildman–Crippen LogP) is 2.27. The molecule has 0 aliphatic carbocycles. The van der Waals surface area contributed by atoms with E-state index in [-0.39, 0.29) is 11.9 Å². The second kappa shape index (κ2) is 6.83. The van der Waals surface area contributed by atoms with E-state index in [0.717, 1.165) is 29.3 Å². The van der Waals surface area contributed by atoms with Gasteiger partial charge >= 0.3 is 0 Å². The Morgan fingerprint density at radius 1 is 1.33 bits per heavy atom. The van der Waals surface area contributed by atoms with Crippen LogP contribution in [0.3, 0.4) is 0 Å². The van der Waals surface area contributed by atoms with Crippen LogP contribution in [0.15, 0.2) is 36.7 Å². The number of hydrogen-bond donors (Lipinski definition) is 2. The number of fused-ring (bicyclic) bond motifs is 1. The van der Waals surface area contributed by atoms with E-state index in [4.69, 9.17) is 5.73 Å². The Balaban J connectivity index is 1.57. The van der Waals surface area contributed by atoms with Crippen LogP contribution in [0.5, 0.6) is 0 Å². The minimum absolute atomic E-state index is 0.0579. The molecule has 0 saturated carbocycles. The van der Waals surface area contributed by atoms with E-state index in [2.05, 4.69) is 15.0 Å². The Morgan fingerprint density at radius 3 is 2.93 bits per heavy atom. The van der Waals surface area contributed by atoms with Gasteiger partial charge in [0.05, 0.1) is 23.7 Å². The van der Waals surface area contributed by atoms with E-state index in [1.54, 1.807) is 6.92 Å². The zero-order chi connectivity index (χ0) is 19.0. The van der Waals surface area contributed by atoms with Crippen molar-refractivity contribution in [3.05, 3.63) is 59.3 Å². The van der Waals surface area contributed by atoms with Gasteiger partial charge in [-0.25, -0.2) is 9.97 Å². The Labute approximate surface area is 156 Å². The molecule has 1 saturated heterocycles. The molecule has 7 heteroatoms. The van der Waals surface area contributed by atoms with E-state index in [9.17, 15) is 9.59 Å². The first-order valence-electron chi connectivity index (χ1n) is 9.02. The second-order valence-electron chi connectivity index (χ2n) is 6.87. The third-order valence-corrected chi connectivity index (χ3v) is 5.15. The van der Waals surface area contributed by atoms with E-state index in [0.29, 0.717) is 30.0 Å². The topological polar surface area (TPSA) is 105 Å². The van der Waals surface area contributed by atoms with Crippen molar-refractivity contribution in [2.24, 2.45) is 5.73 Å². The van der Waals surface area contributed by atoms with Crippen molar-refractivity contribution < 1.29 is 9.59 Å². The Bertz CT molecular complexity index is 1030. The van der Waals surface area contributed by atoms with Crippen molar-refractivity contribution in [2.75, 3.05) is 6.54 Å². The molecule has 1 aromatic carbocycles. The molecule has 1 aliphatic heterocycles. The minimum atomic E-state index is -0.544. The summed E-state index contributed by atoms with van der Waals surface area (Å²) in [5.74, 6) is 0.0856. The van der Waals surface area contributed by atoms with Crippen molar-refractivity contribution in [1.29, 1.82) is 0 Å². The molecule has 2 aromatic heterocycles. The number of carbonyl (C=O) groups excluding carboxylic acids is 2. The summed E-state index contributed by atoms with van der Waals surface area (Å²) >= 11 is 0. The van der Waals surface area contributed by atoms with Gasteiger partial charge < -0.3 is 15.6 Å². The number of hydrogen-bond acceptors (Lipinski definition) is 4. The number of amides is 2. The minimum Gasteiger partial charge on any atom is -0.365 e. The van der Waals surface area contributed by atoms with Gasteiger partial charge in [0.2, 0.25) is 5.91 Å². The molecule has 3 aromatic rings. The van der Waals surface area contributed by atoms with Gasteiger partial charge in [-0.1, -0.05) is 18.2 Å². The molecule has 1 atom stereocenters. The van der Waals surface area contributed by atoms with E-state index < -0.39 is 5.91 Å². The van der Waals surface area contributed by atoms with Gasteiger partial charge in [-0.2, -0.15) is 0 Å². The summed E-state index contributed by atoms with van der Waals surface area (Å²) in [6.45, 7) is 2.42. The highest BCUT2D eigenvalue weighted by molar-refractivity contribution is 5.93. The summed E-state index contributed by atoms with van der Waals surface area (Å²) in [6.07, 6.45) is 5.41. The molecular weight excluding hydrogens is 342 g/mol. The molecule has 0 bridgehead atoms. The fourth-order valence-corrected chi connectivity index (χ4v) is 3.76. The first kappa shape index (κ1) is 17.2. The SMILES string of the molecule is Cc1nc([C@@H]2CCCN2C(=O)Cc2c[nH]c3ccccc23)ncc1C(N)=O. The number of nitrogens with zero attached hydrogens (tertiary/aromatic N) is 3. The number of likely N-dealkylation sites (tertiary alicyclic amines) is 1. The van der Waals surface area contributed by atoms with Gasteiger partial charge in [-0.3, -0.25) is 9.59 Å². The smallest absolute Gasteiger partial charge is 0.252 e. The summed E-state index contributed by atoms with van der Waals surface area (Å²) in [6, 6.07) is 7.79. The summed E-state index contributed by atoms with van der Waals surface area (Å²) in [5.41, 5.74) is 8.20. The molecular formula is C20H21N5O2. The fourth-order valence-electron chi connectivity index (χ4n) is 3.76. The monoisotopic (exact) mass is 363 g/mol. The maximum atomic E-state index is 13.0. The molecule has 0 radical (unpaired) electrons. The Kier molecular flexibility index (Phi) is 4.35. The average Bonchev–Trinajstić information content (AvgIpc) is 3.29. The summed E-state index contributed by atoms with van der Waals surface area (Å²) in [5, 5.41) is 1.07. The maximum Gasteiger partial charge on any atom is 0.252 e. The van der Waals surface area contributed by atoms with Crippen LogP contribution in [0, 0.1) is 6.92 Å². The first-order chi connectivity index (χ1) is 13.0. The lowest BCUT2D eigenvalue weighted by atomic mass is 10.1. The number of nitrogens with two attached hydrogens (primary N) is 1. The average molecular weight is 363 g/mol. The van der Waals surface area contributed by atoms with Crippen molar-refractivity contribution in [2.45, 2.75) is 32.2 Å². The van der Waals surface area contributed by atoms with E-state index in [1.165, 1.54) is 6.20 Å². The van der Waals surface area contributed by atoms with Crippen LogP contribution in [-0.2, 0) is 11.2 Å². The third kappa shape index (κ3) is 3.16. The van der Waals surface area contributed by atoms with Crippen molar-refractivity contribution in [3.63, 3.8) is 0 Å². The lowest BCUT2D eigenvalue weighted by molar-refractivity contribution is -0.131. The van der Waals surface area contributed by atoms with Crippen molar-refractivity contribution in [1.82, 2.24) is 19.9 Å². The van der Waals surface area contributed by atoms with Gasteiger partial charge in [0, 0.05) is 29.8 Å². The Morgan fingerprint density at radius 2 is 2.15 bits per heavy atom. The highest BCUT2D eigenvalue weighted by Crippen LogP contribution is 2.31. The molecule has 1 fully saturated rings. The molecule has 27 heavy (non-hydrogen) atoms. The number of nitrogens with one attached hydrogen (secondary N) is 1. The lowest BCUT2D eigenvalue weighted by Crippen LogP contribution is -2.33. The van der Waals surface area contributed by atoms with Crippen LogP contribution in [0.25, 0.3) is 10.9 Å². The van der Waals surface area contributed by atoms with Gasteiger partial charge in [0.1, 0.15) is 0 Å². The predicted molar refractivity (Wildman–Crippen MR) is 101 cm³/mol. The summed E-state index contributed by atoms with van der Waals surface area (Å²) < 4.78 is 0. The molecule has 1 aliphatic rings. The highest BCUT2D eigenvalue weighted by atomic mass is 16.2. The molecule has 3 heterocycles. The number of H-pyrrole nitrogens is 1. The third-order valence-electron chi connectivity index (χ3n) is 5.15. The largest absolute Gasteiger partial charge is 0.365 e. The van der Waals surface area contributed by atoms with Crippen LogP contribution in [0.1, 0.15) is 46.3 Å². The first-order valence-corrected chi connectivity index (χ1v) is 9.02. The molecule has 7 nitrogen and oxygen atoms in total. The zero-order valence-electron chi connectivity index (χ0n) is 15.1. The van der Waals surface area contributed by atoms with Crippen LogP contribution in [0.4, 0.5) is 0 Å². The molecule has 2 amide bonds. The molecule has 0 spiro atoms. The fraction of sp³-hybridized carbons (Fsp3) is 0.300. The Hall–Kier alpha value is -3.22. The number of para-hydroxylation sites is 1. The molecule has 138 valence electrons. The van der Waals surface area contributed by atoms with Crippen LogP contribution in [-0.4, -0.2) is 38.2 Å². The number of aryl methyl sites for hydroxylation is 1.